The molecule has 0 aliphatic heterocycles. The fourth-order valence-corrected chi connectivity index (χ4v) is 3.64. The van der Waals surface area contributed by atoms with Gasteiger partial charge < -0.3 is 5.73 Å². The Morgan fingerprint density at radius 2 is 1.86 bits per heavy atom. The minimum atomic E-state index is -3.71. The number of nitrogens with zero attached hydrogens (tertiary/aromatic N) is 3. The van der Waals surface area contributed by atoms with Crippen LogP contribution in [0, 0.1) is 6.92 Å². The van der Waals surface area contributed by atoms with E-state index in [9.17, 15) is 8.42 Å². The summed E-state index contributed by atoms with van der Waals surface area (Å²) in [5.74, 6) is 0.0300. The highest BCUT2D eigenvalue weighted by Gasteiger charge is 2.28. The molecule has 0 radical (unpaired) electrons. The molecule has 1 aromatic heterocycles. The van der Waals surface area contributed by atoms with E-state index in [0.29, 0.717) is 18.8 Å². The Balaban J connectivity index is 2.49. The van der Waals surface area contributed by atoms with Crippen LogP contribution >= 0.6 is 0 Å². The van der Waals surface area contributed by atoms with E-state index in [0.717, 1.165) is 5.56 Å². The van der Waals surface area contributed by atoms with E-state index in [1.165, 1.54) is 15.2 Å². The van der Waals surface area contributed by atoms with Crippen molar-refractivity contribution >= 4 is 21.5 Å². The Hall–Kier alpha value is -2.02. The van der Waals surface area contributed by atoms with Gasteiger partial charge in [-0.1, -0.05) is 17.7 Å². The largest absolute Gasteiger partial charge is 0.381 e. The quantitative estimate of drug-likeness (QED) is 0.916. The average Bonchev–Trinajstić information content (AvgIpc) is 2.83. The van der Waals surface area contributed by atoms with Gasteiger partial charge in [-0.3, -0.25) is 8.99 Å². The lowest BCUT2D eigenvalue weighted by Crippen LogP contribution is -2.31. The Kier molecular flexibility index (Phi) is 4.22. The molecule has 0 bridgehead atoms. The second kappa shape index (κ2) is 5.77. The fourth-order valence-electron chi connectivity index (χ4n) is 2.10. The third-order valence-electron chi connectivity index (χ3n) is 3.26. The first-order valence-electron chi connectivity index (χ1n) is 6.82. The average molecular weight is 308 g/mol. The Morgan fingerprint density at radius 3 is 2.33 bits per heavy atom. The van der Waals surface area contributed by atoms with Gasteiger partial charge in [-0.25, -0.2) is 8.42 Å². The molecule has 0 saturated heterocycles. The van der Waals surface area contributed by atoms with Gasteiger partial charge in [-0.05, 0) is 32.9 Å². The summed E-state index contributed by atoms with van der Waals surface area (Å²) in [6.07, 6.45) is 1.47. The Morgan fingerprint density at radius 1 is 1.24 bits per heavy atom. The molecule has 0 atom stereocenters. The molecule has 0 fully saturated rings. The first-order chi connectivity index (χ1) is 9.90. The second-order valence-corrected chi connectivity index (χ2v) is 6.57. The molecule has 0 amide bonds. The van der Waals surface area contributed by atoms with Crippen LogP contribution in [-0.4, -0.2) is 24.7 Å². The zero-order valence-corrected chi connectivity index (χ0v) is 13.3. The standard InChI is InChI=1S/C14H20N4O2S/c1-4-17-10-13(14(15)16-17)21(19,20)18(5-2)12-8-6-11(3)7-9-12/h6-10H,4-5H2,1-3H3,(H2,15,16). The summed E-state index contributed by atoms with van der Waals surface area (Å²) in [4.78, 5) is 0.0479. The number of sulfonamides is 1. The first kappa shape index (κ1) is 15.4. The van der Waals surface area contributed by atoms with Crippen LogP contribution in [0.5, 0.6) is 0 Å². The molecule has 2 N–H and O–H groups in total. The number of nitrogens with two attached hydrogens (primary N) is 1. The molecule has 114 valence electrons. The molecule has 0 aliphatic rings. The van der Waals surface area contributed by atoms with Crippen molar-refractivity contribution in [3.05, 3.63) is 36.0 Å². The van der Waals surface area contributed by atoms with Crippen LogP contribution in [0.3, 0.4) is 0 Å². The molecule has 1 heterocycles. The van der Waals surface area contributed by atoms with Crippen molar-refractivity contribution in [2.45, 2.75) is 32.2 Å². The molecule has 0 aliphatic carbocycles. The molecular formula is C14H20N4O2S. The van der Waals surface area contributed by atoms with Gasteiger partial charge >= 0.3 is 0 Å². The highest BCUT2D eigenvalue weighted by Crippen LogP contribution is 2.26. The number of hydrogen-bond donors (Lipinski definition) is 1. The summed E-state index contributed by atoms with van der Waals surface area (Å²) >= 11 is 0. The number of rotatable bonds is 5. The molecule has 21 heavy (non-hydrogen) atoms. The maximum atomic E-state index is 12.8. The van der Waals surface area contributed by atoms with E-state index in [2.05, 4.69) is 5.10 Å². The number of aryl methyl sites for hydroxylation is 2. The van der Waals surface area contributed by atoms with E-state index in [1.54, 1.807) is 19.1 Å². The van der Waals surface area contributed by atoms with Gasteiger partial charge in [-0.2, -0.15) is 5.10 Å². The van der Waals surface area contributed by atoms with Crippen molar-refractivity contribution in [2.75, 3.05) is 16.6 Å². The molecule has 7 heteroatoms. The molecule has 0 spiro atoms. The fraction of sp³-hybridized carbons (Fsp3) is 0.357. The van der Waals surface area contributed by atoms with Gasteiger partial charge in [0.05, 0.1) is 5.69 Å². The van der Waals surface area contributed by atoms with E-state index >= 15 is 0 Å². The molecule has 0 unspecified atom stereocenters. The van der Waals surface area contributed by atoms with E-state index in [4.69, 9.17) is 5.73 Å². The Labute approximate surface area is 125 Å². The van der Waals surface area contributed by atoms with Crippen LogP contribution < -0.4 is 10.0 Å². The van der Waals surface area contributed by atoms with Crippen molar-refractivity contribution < 1.29 is 8.42 Å². The SMILES string of the molecule is CCN(c1ccc(C)cc1)S(=O)(=O)c1cn(CC)nc1N. The minimum Gasteiger partial charge on any atom is -0.381 e. The summed E-state index contributed by atoms with van der Waals surface area (Å²) in [5, 5.41) is 4.01. The summed E-state index contributed by atoms with van der Waals surface area (Å²) in [6.45, 7) is 6.51. The van der Waals surface area contributed by atoms with Crippen LogP contribution in [0.2, 0.25) is 0 Å². The number of anilines is 2. The molecule has 6 nitrogen and oxygen atoms in total. The highest BCUT2D eigenvalue weighted by atomic mass is 32.2. The second-order valence-electron chi connectivity index (χ2n) is 4.74. The Bertz CT molecular complexity index is 720. The summed E-state index contributed by atoms with van der Waals surface area (Å²) in [5.41, 5.74) is 7.45. The van der Waals surface area contributed by atoms with E-state index in [-0.39, 0.29) is 10.7 Å². The lowest BCUT2D eigenvalue weighted by molar-refractivity contribution is 0.591. The first-order valence-corrected chi connectivity index (χ1v) is 8.26. The van der Waals surface area contributed by atoms with Crippen LogP contribution in [0.25, 0.3) is 0 Å². The monoisotopic (exact) mass is 308 g/mol. The number of hydrogen-bond acceptors (Lipinski definition) is 4. The van der Waals surface area contributed by atoms with Crippen LogP contribution in [0.15, 0.2) is 35.4 Å². The molecule has 2 rings (SSSR count). The third-order valence-corrected chi connectivity index (χ3v) is 5.18. The van der Waals surface area contributed by atoms with Crippen LogP contribution in [0.4, 0.5) is 11.5 Å². The zero-order chi connectivity index (χ0) is 15.6. The minimum absolute atomic E-state index is 0.0300. The van der Waals surface area contributed by atoms with Gasteiger partial charge in [0.15, 0.2) is 5.82 Å². The maximum Gasteiger partial charge on any atom is 0.269 e. The molecular weight excluding hydrogens is 288 g/mol. The van der Waals surface area contributed by atoms with Gasteiger partial charge in [0.25, 0.3) is 10.0 Å². The van der Waals surface area contributed by atoms with Crippen molar-refractivity contribution in [3.63, 3.8) is 0 Å². The molecule has 0 saturated carbocycles. The van der Waals surface area contributed by atoms with E-state index < -0.39 is 10.0 Å². The third kappa shape index (κ3) is 2.87. The topological polar surface area (TPSA) is 81.2 Å². The van der Waals surface area contributed by atoms with Gasteiger partial charge in [0.1, 0.15) is 4.90 Å². The summed E-state index contributed by atoms with van der Waals surface area (Å²) in [7, 11) is -3.71. The summed E-state index contributed by atoms with van der Waals surface area (Å²) in [6, 6.07) is 7.34. The van der Waals surface area contributed by atoms with E-state index in [1.807, 2.05) is 26.0 Å². The lowest BCUT2D eigenvalue weighted by Gasteiger charge is -2.22. The molecule has 2 aromatic rings. The normalized spacial score (nSPS) is 11.6. The van der Waals surface area contributed by atoms with Gasteiger partial charge in [0, 0.05) is 19.3 Å². The van der Waals surface area contributed by atoms with Crippen LogP contribution in [-0.2, 0) is 16.6 Å². The van der Waals surface area contributed by atoms with Gasteiger partial charge in [-0.15, -0.1) is 0 Å². The predicted molar refractivity (Wildman–Crippen MR) is 83.7 cm³/mol. The maximum absolute atomic E-state index is 12.8. The number of aromatic nitrogens is 2. The highest BCUT2D eigenvalue weighted by molar-refractivity contribution is 7.93. The van der Waals surface area contributed by atoms with Crippen molar-refractivity contribution in [1.29, 1.82) is 0 Å². The van der Waals surface area contributed by atoms with Gasteiger partial charge in [0.2, 0.25) is 0 Å². The van der Waals surface area contributed by atoms with Crippen molar-refractivity contribution in [2.24, 2.45) is 0 Å². The van der Waals surface area contributed by atoms with Crippen molar-refractivity contribution in [1.82, 2.24) is 9.78 Å². The number of nitrogen functional groups attached to an aromatic ring is 1. The smallest absolute Gasteiger partial charge is 0.269 e. The summed E-state index contributed by atoms with van der Waals surface area (Å²) < 4.78 is 28.4. The number of benzene rings is 1. The predicted octanol–water partition coefficient (Wildman–Crippen LogP) is 2.01. The van der Waals surface area contributed by atoms with Crippen molar-refractivity contribution in [3.8, 4) is 0 Å². The molecule has 1 aromatic carbocycles. The zero-order valence-electron chi connectivity index (χ0n) is 12.4. The lowest BCUT2D eigenvalue weighted by atomic mass is 10.2. The van der Waals surface area contributed by atoms with Crippen LogP contribution in [0.1, 0.15) is 19.4 Å².